The maximum absolute atomic E-state index is 12.5. The van der Waals surface area contributed by atoms with E-state index >= 15 is 0 Å². The van der Waals surface area contributed by atoms with E-state index in [9.17, 15) is 4.79 Å². The highest BCUT2D eigenvalue weighted by Gasteiger charge is 2.11. The number of rotatable bonds is 5. The number of carbonyl (C=O) groups is 1. The number of hydrogen-bond acceptors (Lipinski definition) is 4. The van der Waals surface area contributed by atoms with Gasteiger partial charge in [0.2, 0.25) is 0 Å². The first-order valence-corrected chi connectivity index (χ1v) is 8.00. The Hall–Kier alpha value is -2.51. The number of nitrogens with one attached hydrogen (secondary N) is 1. The summed E-state index contributed by atoms with van der Waals surface area (Å²) in [5.41, 5.74) is 2.96. The predicted octanol–water partition coefficient (Wildman–Crippen LogP) is 3.43. The first-order chi connectivity index (χ1) is 11.7. The lowest BCUT2D eigenvalue weighted by atomic mass is 10.1. The zero-order valence-corrected chi connectivity index (χ0v) is 14.5. The number of halogens is 1. The molecule has 2 aromatic carbocycles. The van der Waals surface area contributed by atoms with Crippen LogP contribution in [0.5, 0.6) is 0 Å². The molecule has 0 bridgehead atoms. The molecule has 0 unspecified atom stereocenters. The largest absolute Gasteiger partial charge is 0.380 e. The molecule has 0 aliphatic carbocycles. The van der Waals surface area contributed by atoms with Crippen molar-refractivity contribution in [3.63, 3.8) is 0 Å². The predicted molar refractivity (Wildman–Crippen MR) is 94.2 cm³/mol. The van der Waals surface area contributed by atoms with Crippen LogP contribution in [-0.2, 0) is 11.3 Å². The van der Waals surface area contributed by atoms with E-state index in [2.05, 4.69) is 31.3 Å². The smallest absolute Gasteiger partial charge is 0.255 e. The molecule has 1 N–H and O–H groups in total. The summed E-state index contributed by atoms with van der Waals surface area (Å²) in [6, 6.07) is 12.9. The molecule has 0 radical (unpaired) electrons. The molecule has 3 rings (SSSR count). The van der Waals surface area contributed by atoms with Gasteiger partial charge in [0.25, 0.3) is 5.91 Å². The maximum Gasteiger partial charge on any atom is 0.255 e. The molecule has 1 heterocycles. The second-order valence-electron chi connectivity index (χ2n) is 5.09. The van der Waals surface area contributed by atoms with E-state index in [-0.39, 0.29) is 5.91 Å². The molecule has 6 nitrogen and oxygen atoms in total. The van der Waals surface area contributed by atoms with Crippen molar-refractivity contribution in [1.29, 1.82) is 0 Å². The zero-order valence-electron chi connectivity index (χ0n) is 12.9. The van der Waals surface area contributed by atoms with Gasteiger partial charge in [0.05, 0.1) is 18.0 Å². The van der Waals surface area contributed by atoms with Gasteiger partial charge in [-0.05, 0) is 35.9 Å². The Morgan fingerprint density at radius 2 is 2.04 bits per heavy atom. The molecule has 122 valence electrons. The maximum atomic E-state index is 12.5. The van der Waals surface area contributed by atoms with E-state index in [1.54, 1.807) is 30.3 Å². The molecule has 24 heavy (non-hydrogen) atoms. The van der Waals surface area contributed by atoms with Crippen molar-refractivity contribution in [2.75, 3.05) is 12.4 Å². The number of methoxy groups -OCH3 is 1. The molecule has 0 aliphatic rings. The minimum absolute atomic E-state index is 0.196. The number of aromatic nitrogens is 3. The molecule has 0 saturated heterocycles. The summed E-state index contributed by atoms with van der Waals surface area (Å²) in [5.74, 6) is -0.196. The molecule has 3 aromatic rings. The van der Waals surface area contributed by atoms with E-state index in [4.69, 9.17) is 4.74 Å². The Balaban J connectivity index is 1.85. The lowest BCUT2D eigenvalue weighted by Gasteiger charge is -2.12. The van der Waals surface area contributed by atoms with Crippen LogP contribution in [0.25, 0.3) is 5.69 Å². The molecule has 0 atom stereocenters. The van der Waals surface area contributed by atoms with Gasteiger partial charge in [-0.1, -0.05) is 28.1 Å². The molecule has 0 aliphatic heterocycles. The highest BCUT2D eigenvalue weighted by molar-refractivity contribution is 9.10. The van der Waals surface area contributed by atoms with Gasteiger partial charge in [-0.25, -0.2) is 9.67 Å². The minimum Gasteiger partial charge on any atom is -0.380 e. The van der Waals surface area contributed by atoms with Crippen LogP contribution in [0.3, 0.4) is 0 Å². The summed E-state index contributed by atoms with van der Waals surface area (Å²) >= 11 is 3.42. The minimum atomic E-state index is -0.196. The second-order valence-corrected chi connectivity index (χ2v) is 6.00. The van der Waals surface area contributed by atoms with Crippen molar-refractivity contribution >= 4 is 27.5 Å². The molecule has 7 heteroatoms. The molecule has 0 spiro atoms. The third-order valence-electron chi connectivity index (χ3n) is 3.40. The lowest BCUT2D eigenvalue weighted by Crippen LogP contribution is -2.14. The van der Waals surface area contributed by atoms with Gasteiger partial charge in [0, 0.05) is 17.1 Å². The molecule has 1 amide bonds. The monoisotopic (exact) mass is 386 g/mol. The molecular formula is C17H15BrN4O2. The van der Waals surface area contributed by atoms with E-state index in [0.717, 1.165) is 15.7 Å². The Morgan fingerprint density at radius 1 is 1.25 bits per heavy atom. The van der Waals surface area contributed by atoms with E-state index in [0.29, 0.717) is 17.9 Å². The number of nitrogens with zero attached hydrogens (tertiary/aromatic N) is 3. The summed E-state index contributed by atoms with van der Waals surface area (Å²) in [6.07, 6.45) is 3.03. The van der Waals surface area contributed by atoms with Crippen molar-refractivity contribution < 1.29 is 9.53 Å². The van der Waals surface area contributed by atoms with E-state index in [1.165, 1.54) is 6.33 Å². The van der Waals surface area contributed by atoms with Crippen LogP contribution in [0.2, 0.25) is 0 Å². The van der Waals surface area contributed by atoms with Crippen molar-refractivity contribution in [1.82, 2.24) is 14.8 Å². The Labute approximate surface area is 147 Å². The van der Waals surface area contributed by atoms with Gasteiger partial charge >= 0.3 is 0 Å². The standard InChI is InChI=1S/C17H15BrN4O2/c1-24-9-12-2-4-13(5-3-12)17(23)21-15-8-14(18)6-7-16(15)22-11-19-10-20-22/h2-8,10-11H,9H2,1H3,(H,21,23). The van der Waals surface area contributed by atoms with E-state index in [1.807, 2.05) is 30.3 Å². The average molecular weight is 387 g/mol. The summed E-state index contributed by atoms with van der Waals surface area (Å²) in [5, 5.41) is 7.03. The van der Waals surface area contributed by atoms with Crippen LogP contribution in [0.1, 0.15) is 15.9 Å². The first kappa shape index (κ1) is 16.4. The highest BCUT2D eigenvalue weighted by atomic mass is 79.9. The number of anilines is 1. The quantitative estimate of drug-likeness (QED) is 0.729. The summed E-state index contributed by atoms with van der Waals surface area (Å²) in [6.45, 7) is 0.518. The van der Waals surface area contributed by atoms with Crippen LogP contribution in [0, 0.1) is 0 Å². The Bertz CT molecular complexity index is 832. The number of benzene rings is 2. The topological polar surface area (TPSA) is 69.0 Å². The van der Waals surface area contributed by atoms with Crippen LogP contribution in [0.15, 0.2) is 59.6 Å². The van der Waals surface area contributed by atoms with Gasteiger partial charge in [-0.3, -0.25) is 4.79 Å². The summed E-state index contributed by atoms with van der Waals surface area (Å²) in [7, 11) is 1.64. The van der Waals surface area contributed by atoms with Gasteiger partial charge < -0.3 is 10.1 Å². The molecule has 1 aromatic heterocycles. The fraction of sp³-hybridized carbons (Fsp3) is 0.118. The number of carbonyl (C=O) groups excluding carboxylic acids is 1. The molecular weight excluding hydrogens is 372 g/mol. The van der Waals surface area contributed by atoms with Crippen LogP contribution >= 0.6 is 15.9 Å². The average Bonchev–Trinajstić information content (AvgIpc) is 3.10. The number of amides is 1. The number of ether oxygens (including phenoxy) is 1. The number of hydrogen-bond donors (Lipinski definition) is 1. The van der Waals surface area contributed by atoms with Gasteiger partial charge in [0.1, 0.15) is 12.7 Å². The van der Waals surface area contributed by atoms with Crippen molar-refractivity contribution in [3.05, 3.63) is 70.7 Å². The van der Waals surface area contributed by atoms with Crippen LogP contribution in [-0.4, -0.2) is 27.8 Å². The van der Waals surface area contributed by atoms with Gasteiger partial charge in [-0.2, -0.15) is 5.10 Å². The third kappa shape index (κ3) is 3.69. The zero-order chi connectivity index (χ0) is 16.9. The van der Waals surface area contributed by atoms with Crippen LogP contribution in [0.4, 0.5) is 5.69 Å². The summed E-state index contributed by atoms with van der Waals surface area (Å²) in [4.78, 5) is 16.5. The SMILES string of the molecule is COCc1ccc(C(=O)Nc2cc(Br)ccc2-n2cncn2)cc1. The Morgan fingerprint density at radius 3 is 2.71 bits per heavy atom. The lowest BCUT2D eigenvalue weighted by molar-refractivity contribution is 0.102. The van der Waals surface area contributed by atoms with Crippen LogP contribution < -0.4 is 5.32 Å². The molecule has 0 saturated carbocycles. The second kappa shape index (κ2) is 7.37. The highest BCUT2D eigenvalue weighted by Crippen LogP contribution is 2.24. The Kier molecular flexibility index (Phi) is 5.02. The summed E-state index contributed by atoms with van der Waals surface area (Å²) < 4.78 is 7.53. The first-order valence-electron chi connectivity index (χ1n) is 7.21. The van der Waals surface area contributed by atoms with E-state index < -0.39 is 0 Å². The van der Waals surface area contributed by atoms with Gasteiger partial charge in [-0.15, -0.1) is 0 Å². The fourth-order valence-corrected chi connectivity index (χ4v) is 2.62. The normalized spacial score (nSPS) is 10.6. The van der Waals surface area contributed by atoms with Crippen molar-refractivity contribution in [2.45, 2.75) is 6.61 Å². The van der Waals surface area contributed by atoms with Crippen molar-refractivity contribution in [3.8, 4) is 5.69 Å². The van der Waals surface area contributed by atoms with Gasteiger partial charge in [0.15, 0.2) is 0 Å². The molecule has 0 fully saturated rings. The van der Waals surface area contributed by atoms with Crippen molar-refractivity contribution in [2.24, 2.45) is 0 Å². The fourth-order valence-electron chi connectivity index (χ4n) is 2.25. The third-order valence-corrected chi connectivity index (χ3v) is 3.89.